The lowest BCUT2D eigenvalue weighted by molar-refractivity contribution is 0.0618. The van der Waals surface area contributed by atoms with Gasteiger partial charge >= 0.3 is 0 Å². The zero-order valence-corrected chi connectivity index (χ0v) is 18.9. The Balaban J connectivity index is 1.29. The third-order valence-electron chi connectivity index (χ3n) is 5.71. The maximum atomic E-state index is 13.1. The Bertz CT molecular complexity index is 1430. The van der Waals surface area contributed by atoms with Gasteiger partial charge in [0, 0.05) is 62.1 Å². The molecule has 1 amide bonds. The largest absolute Gasteiger partial charge is 0.335 e. The number of amides is 1. The van der Waals surface area contributed by atoms with Crippen LogP contribution in [-0.2, 0) is 6.54 Å². The van der Waals surface area contributed by atoms with Crippen LogP contribution in [0.15, 0.2) is 63.6 Å². The number of thiazole rings is 1. The maximum absolute atomic E-state index is 13.1. The van der Waals surface area contributed by atoms with Crippen LogP contribution in [0.4, 0.5) is 0 Å². The number of hydrogen-bond acceptors (Lipinski definition) is 7. The highest BCUT2D eigenvalue weighted by molar-refractivity contribution is 7.15. The molecule has 1 aliphatic heterocycles. The summed E-state index contributed by atoms with van der Waals surface area (Å²) in [4.78, 5) is 46.9. The zero-order valence-electron chi connectivity index (χ0n) is 18.0. The van der Waals surface area contributed by atoms with Gasteiger partial charge in [-0.25, -0.2) is 9.67 Å². The molecule has 1 aromatic carbocycles. The van der Waals surface area contributed by atoms with Gasteiger partial charge < -0.3 is 4.90 Å². The summed E-state index contributed by atoms with van der Waals surface area (Å²) in [7, 11) is 0. The summed E-state index contributed by atoms with van der Waals surface area (Å²) in [5, 5.41) is 6.23. The first-order valence-electron chi connectivity index (χ1n) is 10.6. The van der Waals surface area contributed by atoms with E-state index in [9.17, 15) is 14.4 Å². The van der Waals surface area contributed by atoms with Crippen molar-refractivity contribution in [2.24, 2.45) is 0 Å². The second-order valence-corrected chi connectivity index (χ2v) is 8.83. The molecule has 0 atom stereocenters. The molecule has 0 radical (unpaired) electrons. The summed E-state index contributed by atoms with van der Waals surface area (Å²) >= 11 is 1.42. The first-order chi connectivity index (χ1) is 16.0. The molecule has 4 aromatic rings. The molecule has 0 saturated carbocycles. The van der Waals surface area contributed by atoms with Crippen LogP contribution in [0.3, 0.4) is 0 Å². The Kier molecular flexibility index (Phi) is 5.61. The number of piperazine rings is 1. The molecule has 1 saturated heterocycles. The number of carbonyl (C=O) groups excluding carboxylic acids is 1. The second kappa shape index (κ2) is 8.72. The van der Waals surface area contributed by atoms with E-state index in [1.54, 1.807) is 28.8 Å². The van der Waals surface area contributed by atoms with Gasteiger partial charge in [-0.15, -0.1) is 11.3 Å². The van der Waals surface area contributed by atoms with E-state index in [2.05, 4.69) is 15.0 Å². The summed E-state index contributed by atoms with van der Waals surface area (Å²) in [5.74, 6) is -0.360. The molecule has 1 aliphatic rings. The number of carbonyl (C=O) groups is 1. The van der Waals surface area contributed by atoms with E-state index in [1.807, 2.05) is 35.7 Å². The summed E-state index contributed by atoms with van der Waals surface area (Å²) in [5.41, 5.74) is 1.63. The van der Waals surface area contributed by atoms with Gasteiger partial charge in [-0.2, -0.15) is 5.10 Å². The SMILES string of the molecule is Cc1cc(=O)c(C(=O)N2CCN(Cc3cc(=O)n4ccsc4n3)CC2)nn1-c1ccccc1. The Morgan fingerprint density at radius 1 is 1.06 bits per heavy atom. The van der Waals surface area contributed by atoms with Gasteiger partial charge in [-0.3, -0.25) is 23.7 Å². The minimum Gasteiger partial charge on any atom is -0.335 e. The van der Waals surface area contributed by atoms with Crippen molar-refractivity contribution in [3.63, 3.8) is 0 Å². The van der Waals surface area contributed by atoms with Gasteiger partial charge in [0.1, 0.15) is 0 Å². The minimum atomic E-state index is -0.374. The number of fused-ring (bicyclic) bond motifs is 1. The number of nitrogens with zero attached hydrogens (tertiary/aromatic N) is 6. The van der Waals surface area contributed by atoms with Gasteiger partial charge in [0.05, 0.1) is 11.4 Å². The fraction of sp³-hybridized carbons (Fsp3) is 0.261. The molecule has 1 fully saturated rings. The van der Waals surface area contributed by atoms with Crippen molar-refractivity contribution < 1.29 is 4.79 Å². The topological polar surface area (TPSA) is 92.8 Å². The van der Waals surface area contributed by atoms with Crippen molar-refractivity contribution in [2.75, 3.05) is 26.2 Å². The lowest BCUT2D eigenvalue weighted by atomic mass is 10.2. The van der Waals surface area contributed by atoms with Crippen LogP contribution in [0.1, 0.15) is 21.9 Å². The van der Waals surface area contributed by atoms with Crippen molar-refractivity contribution in [3.05, 3.63) is 91.7 Å². The van der Waals surface area contributed by atoms with Gasteiger partial charge in [-0.05, 0) is 19.1 Å². The Labute approximate surface area is 193 Å². The molecule has 0 spiro atoms. The van der Waals surface area contributed by atoms with Crippen molar-refractivity contribution in [1.29, 1.82) is 0 Å². The molecule has 0 N–H and O–H groups in total. The molecule has 3 aromatic heterocycles. The zero-order chi connectivity index (χ0) is 22.9. The van der Waals surface area contributed by atoms with Crippen molar-refractivity contribution in [3.8, 4) is 5.69 Å². The van der Waals surface area contributed by atoms with Gasteiger partial charge in [0.2, 0.25) is 5.43 Å². The lowest BCUT2D eigenvalue weighted by Gasteiger charge is -2.34. The summed E-state index contributed by atoms with van der Waals surface area (Å²) in [6.45, 7) is 4.52. The molecule has 4 heterocycles. The third kappa shape index (κ3) is 4.22. The molecule has 168 valence electrons. The van der Waals surface area contributed by atoms with Gasteiger partial charge in [-0.1, -0.05) is 18.2 Å². The molecule has 0 aliphatic carbocycles. The number of para-hydroxylation sites is 1. The molecule has 9 nitrogen and oxygen atoms in total. The average molecular weight is 463 g/mol. The maximum Gasteiger partial charge on any atom is 0.278 e. The van der Waals surface area contributed by atoms with E-state index in [0.717, 1.165) is 5.69 Å². The van der Waals surface area contributed by atoms with E-state index < -0.39 is 0 Å². The first kappa shape index (κ1) is 21.2. The van der Waals surface area contributed by atoms with Crippen LogP contribution < -0.4 is 11.0 Å². The van der Waals surface area contributed by atoms with E-state index in [4.69, 9.17) is 0 Å². The quantitative estimate of drug-likeness (QED) is 0.457. The Hall–Kier alpha value is -3.63. The number of benzene rings is 1. The monoisotopic (exact) mass is 462 g/mol. The van der Waals surface area contributed by atoms with Crippen LogP contribution in [0.2, 0.25) is 0 Å². The van der Waals surface area contributed by atoms with Crippen LogP contribution in [0.25, 0.3) is 10.6 Å². The van der Waals surface area contributed by atoms with Gasteiger partial charge in [0.15, 0.2) is 10.7 Å². The highest BCUT2D eigenvalue weighted by Crippen LogP contribution is 2.12. The number of aryl methyl sites for hydroxylation is 1. The van der Waals surface area contributed by atoms with Crippen molar-refractivity contribution in [1.82, 2.24) is 29.0 Å². The van der Waals surface area contributed by atoms with E-state index in [0.29, 0.717) is 49.1 Å². The summed E-state index contributed by atoms with van der Waals surface area (Å²) in [6.07, 6.45) is 1.72. The molecule has 0 unspecified atom stereocenters. The standard InChI is InChI=1S/C23H22N6O3S/c1-16-13-19(30)21(25-29(16)18-5-3-2-4-6-18)22(32)27-9-7-26(8-10-27)15-17-14-20(31)28-11-12-33-23(28)24-17/h2-6,11-14H,7-10,15H2,1H3. The normalized spacial score (nSPS) is 14.6. The van der Waals surface area contributed by atoms with Crippen LogP contribution in [0.5, 0.6) is 0 Å². The van der Waals surface area contributed by atoms with E-state index >= 15 is 0 Å². The van der Waals surface area contributed by atoms with Crippen molar-refractivity contribution >= 4 is 22.2 Å². The molecule has 5 rings (SSSR count). The summed E-state index contributed by atoms with van der Waals surface area (Å²) < 4.78 is 3.15. The highest BCUT2D eigenvalue weighted by atomic mass is 32.1. The predicted octanol–water partition coefficient (Wildman–Crippen LogP) is 1.57. The van der Waals surface area contributed by atoms with Crippen LogP contribution in [0, 0.1) is 6.92 Å². The molecule has 0 bridgehead atoms. The number of hydrogen-bond donors (Lipinski definition) is 0. The molecular weight excluding hydrogens is 440 g/mol. The van der Waals surface area contributed by atoms with E-state index in [-0.39, 0.29) is 22.6 Å². The minimum absolute atomic E-state index is 0.0734. The fourth-order valence-corrected chi connectivity index (χ4v) is 4.72. The second-order valence-electron chi connectivity index (χ2n) is 7.96. The van der Waals surface area contributed by atoms with E-state index in [1.165, 1.54) is 21.8 Å². The average Bonchev–Trinajstić information content (AvgIpc) is 3.29. The first-order valence-corrected chi connectivity index (χ1v) is 11.5. The molecular formula is C23H22N6O3S. The molecule has 10 heteroatoms. The van der Waals surface area contributed by atoms with Crippen LogP contribution >= 0.6 is 11.3 Å². The fourth-order valence-electron chi connectivity index (χ4n) is 3.98. The number of rotatable bonds is 4. The van der Waals surface area contributed by atoms with Crippen molar-refractivity contribution in [2.45, 2.75) is 13.5 Å². The number of aromatic nitrogens is 4. The highest BCUT2D eigenvalue weighted by Gasteiger charge is 2.26. The summed E-state index contributed by atoms with van der Waals surface area (Å²) in [6, 6.07) is 12.4. The Morgan fingerprint density at radius 2 is 1.82 bits per heavy atom. The lowest BCUT2D eigenvalue weighted by Crippen LogP contribution is -2.49. The smallest absolute Gasteiger partial charge is 0.278 e. The Morgan fingerprint density at radius 3 is 2.58 bits per heavy atom. The predicted molar refractivity (Wildman–Crippen MR) is 125 cm³/mol. The molecule has 33 heavy (non-hydrogen) atoms. The van der Waals surface area contributed by atoms with Gasteiger partial charge in [0.25, 0.3) is 11.5 Å². The van der Waals surface area contributed by atoms with Crippen LogP contribution in [-0.4, -0.2) is 61.1 Å². The third-order valence-corrected chi connectivity index (χ3v) is 6.47.